The number of fused-ring (bicyclic) bond motifs is 2. The van der Waals surface area contributed by atoms with Crippen LogP contribution in [0.3, 0.4) is 0 Å². The van der Waals surface area contributed by atoms with Crippen molar-refractivity contribution >= 4 is 11.3 Å². The third kappa shape index (κ3) is 1.41. The average molecular weight is 263 g/mol. The zero-order valence-electron chi connectivity index (χ0n) is 10.9. The number of ether oxygens (including phenoxy) is 1. The molecule has 1 saturated heterocycles. The van der Waals surface area contributed by atoms with Crippen LogP contribution in [0.15, 0.2) is 17.5 Å². The first kappa shape index (κ1) is 11.4. The first-order valence-electron chi connectivity index (χ1n) is 7.22. The van der Waals surface area contributed by atoms with Crippen LogP contribution in [0.2, 0.25) is 0 Å². The van der Waals surface area contributed by atoms with Crippen molar-refractivity contribution in [3.05, 3.63) is 22.4 Å². The van der Waals surface area contributed by atoms with Gasteiger partial charge < -0.3 is 10.1 Å². The lowest BCUT2D eigenvalue weighted by molar-refractivity contribution is -0.178. The topological polar surface area (TPSA) is 21.3 Å². The molecule has 0 radical (unpaired) electrons. The normalized spacial score (nSPS) is 37.9. The third-order valence-electron chi connectivity index (χ3n) is 5.44. The molecule has 3 aliphatic rings. The van der Waals surface area contributed by atoms with Crippen molar-refractivity contribution in [2.75, 3.05) is 6.61 Å². The molecule has 1 N–H and O–H groups in total. The van der Waals surface area contributed by atoms with Crippen molar-refractivity contribution in [1.82, 2.24) is 5.32 Å². The van der Waals surface area contributed by atoms with Gasteiger partial charge >= 0.3 is 0 Å². The fourth-order valence-corrected chi connectivity index (χ4v) is 5.13. The summed E-state index contributed by atoms with van der Waals surface area (Å²) in [7, 11) is 0. The van der Waals surface area contributed by atoms with E-state index in [1.165, 1.54) is 30.6 Å². The minimum Gasteiger partial charge on any atom is -0.377 e. The molecule has 2 heterocycles. The van der Waals surface area contributed by atoms with E-state index in [4.69, 9.17) is 4.74 Å². The van der Waals surface area contributed by atoms with Crippen molar-refractivity contribution in [1.29, 1.82) is 0 Å². The number of hydrogen-bond donors (Lipinski definition) is 1. The molecule has 98 valence electrons. The Bertz CT molecular complexity index is 426. The lowest BCUT2D eigenvalue weighted by atomic mass is 9.46. The van der Waals surface area contributed by atoms with Crippen molar-refractivity contribution in [2.45, 2.75) is 50.8 Å². The van der Waals surface area contributed by atoms with Crippen LogP contribution < -0.4 is 5.32 Å². The Kier molecular flexibility index (Phi) is 2.58. The third-order valence-corrected chi connectivity index (χ3v) is 6.49. The highest BCUT2D eigenvalue weighted by molar-refractivity contribution is 7.10. The molecule has 2 nitrogen and oxygen atoms in total. The Morgan fingerprint density at radius 1 is 1.50 bits per heavy atom. The molecule has 4 atom stereocenters. The van der Waals surface area contributed by atoms with Gasteiger partial charge in [-0.3, -0.25) is 0 Å². The Hall–Kier alpha value is -0.380. The monoisotopic (exact) mass is 263 g/mol. The molecular weight excluding hydrogens is 242 g/mol. The van der Waals surface area contributed by atoms with E-state index >= 15 is 0 Å². The highest BCUT2D eigenvalue weighted by atomic mass is 32.1. The van der Waals surface area contributed by atoms with Gasteiger partial charge in [0.25, 0.3) is 0 Å². The summed E-state index contributed by atoms with van der Waals surface area (Å²) in [6.45, 7) is 3.30. The molecule has 3 fully saturated rings. The Balaban J connectivity index is 1.51. The molecule has 2 aliphatic carbocycles. The SMILES string of the molecule is C[C@H](N[C@@H]1[C@@H]2CCO[C@H]2C12CCC2)c1cccs1. The van der Waals surface area contributed by atoms with Gasteiger partial charge in [-0.15, -0.1) is 11.3 Å². The molecule has 1 aromatic rings. The van der Waals surface area contributed by atoms with E-state index in [-0.39, 0.29) is 0 Å². The van der Waals surface area contributed by atoms with Crippen LogP contribution in [0.5, 0.6) is 0 Å². The van der Waals surface area contributed by atoms with E-state index in [1.54, 1.807) is 0 Å². The van der Waals surface area contributed by atoms with Crippen LogP contribution in [0, 0.1) is 11.3 Å². The van der Waals surface area contributed by atoms with Gasteiger partial charge in [-0.1, -0.05) is 12.5 Å². The van der Waals surface area contributed by atoms with Gasteiger partial charge in [-0.25, -0.2) is 0 Å². The van der Waals surface area contributed by atoms with Gasteiger partial charge in [0, 0.05) is 34.9 Å². The second kappa shape index (κ2) is 4.06. The molecule has 1 aromatic heterocycles. The standard InChI is InChI=1S/C15H21NOS/c1-10(12-4-2-9-18-12)16-13-11-5-8-17-14(11)15(13)6-3-7-15/h2,4,9-11,13-14,16H,3,5-8H2,1H3/t10-,11-,13+,14+/m0/s1. The van der Waals surface area contributed by atoms with Gasteiger partial charge in [0.2, 0.25) is 0 Å². The van der Waals surface area contributed by atoms with E-state index in [9.17, 15) is 0 Å². The van der Waals surface area contributed by atoms with Crippen molar-refractivity contribution in [3.63, 3.8) is 0 Å². The summed E-state index contributed by atoms with van der Waals surface area (Å²) in [5, 5.41) is 6.09. The van der Waals surface area contributed by atoms with Crippen LogP contribution in [0.25, 0.3) is 0 Å². The van der Waals surface area contributed by atoms with Crippen LogP contribution in [-0.4, -0.2) is 18.8 Å². The Morgan fingerprint density at radius 3 is 3.06 bits per heavy atom. The van der Waals surface area contributed by atoms with E-state index in [0.717, 1.165) is 12.5 Å². The maximum absolute atomic E-state index is 5.97. The van der Waals surface area contributed by atoms with Gasteiger partial charge in [-0.2, -0.15) is 0 Å². The van der Waals surface area contributed by atoms with Crippen molar-refractivity contribution in [3.8, 4) is 0 Å². The summed E-state index contributed by atoms with van der Waals surface area (Å²) in [6.07, 6.45) is 6.00. The quantitative estimate of drug-likeness (QED) is 0.903. The molecule has 1 aliphatic heterocycles. The fourth-order valence-electron chi connectivity index (χ4n) is 4.38. The second-order valence-corrected chi connectivity index (χ2v) is 7.19. The smallest absolute Gasteiger partial charge is 0.0690 e. The number of thiophene rings is 1. The van der Waals surface area contributed by atoms with E-state index in [2.05, 4.69) is 29.8 Å². The van der Waals surface area contributed by atoms with Crippen LogP contribution in [0.1, 0.15) is 43.5 Å². The lowest BCUT2D eigenvalue weighted by Gasteiger charge is -2.64. The Morgan fingerprint density at radius 2 is 2.39 bits per heavy atom. The zero-order chi connectivity index (χ0) is 12.2. The molecule has 4 rings (SSSR count). The zero-order valence-corrected chi connectivity index (χ0v) is 11.7. The minimum absolute atomic E-state index is 0.494. The highest BCUT2D eigenvalue weighted by Crippen LogP contribution is 2.63. The minimum atomic E-state index is 0.494. The molecule has 1 spiro atoms. The molecule has 0 unspecified atom stereocenters. The molecule has 0 amide bonds. The molecular formula is C15H21NOS. The molecule has 0 bridgehead atoms. The maximum atomic E-state index is 5.97. The van der Waals surface area contributed by atoms with Crippen molar-refractivity contribution in [2.24, 2.45) is 11.3 Å². The second-order valence-electron chi connectivity index (χ2n) is 6.21. The predicted octanol–water partition coefficient (Wildman–Crippen LogP) is 3.36. The number of hydrogen-bond acceptors (Lipinski definition) is 3. The molecule has 18 heavy (non-hydrogen) atoms. The predicted molar refractivity (Wildman–Crippen MR) is 73.8 cm³/mol. The number of rotatable bonds is 3. The molecule has 2 saturated carbocycles. The van der Waals surface area contributed by atoms with Crippen LogP contribution >= 0.6 is 11.3 Å². The lowest BCUT2D eigenvalue weighted by Crippen LogP contribution is -2.71. The van der Waals surface area contributed by atoms with E-state index < -0.39 is 0 Å². The fraction of sp³-hybridized carbons (Fsp3) is 0.733. The van der Waals surface area contributed by atoms with E-state index in [1.807, 2.05) is 11.3 Å². The van der Waals surface area contributed by atoms with Crippen molar-refractivity contribution < 1.29 is 4.74 Å². The molecule has 0 aromatic carbocycles. The summed E-state index contributed by atoms with van der Waals surface area (Å²) in [4.78, 5) is 1.46. The highest BCUT2D eigenvalue weighted by Gasteiger charge is 2.66. The number of nitrogens with one attached hydrogen (secondary N) is 1. The van der Waals surface area contributed by atoms with Crippen LogP contribution in [-0.2, 0) is 4.74 Å². The summed E-state index contributed by atoms with van der Waals surface area (Å²) in [6, 6.07) is 5.60. The van der Waals surface area contributed by atoms with Gasteiger partial charge in [0.05, 0.1) is 6.10 Å². The average Bonchev–Trinajstić information content (AvgIpc) is 2.93. The maximum Gasteiger partial charge on any atom is 0.0690 e. The summed E-state index contributed by atoms with van der Waals surface area (Å²) in [5.41, 5.74) is 0.507. The van der Waals surface area contributed by atoms with Gasteiger partial charge in [0.15, 0.2) is 0 Å². The summed E-state index contributed by atoms with van der Waals surface area (Å²) < 4.78 is 5.97. The first-order chi connectivity index (χ1) is 8.81. The summed E-state index contributed by atoms with van der Waals surface area (Å²) >= 11 is 1.86. The van der Waals surface area contributed by atoms with Crippen LogP contribution in [0.4, 0.5) is 0 Å². The van der Waals surface area contributed by atoms with E-state index in [0.29, 0.717) is 23.6 Å². The van der Waals surface area contributed by atoms with Gasteiger partial charge in [-0.05, 0) is 37.6 Å². The molecule has 3 heteroatoms. The Labute approximate surface area is 113 Å². The largest absolute Gasteiger partial charge is 0.377 e. The van der Waals surface area contributed by atoms with Gasteiger partial charge in [0.1, 0.15) is 0 Å². The first-order valence-corrected chi connectivity index (χ1v) is 8.10. The summed E-state index contributed by atoms with van der Waals surface area (Å²) in [5.74, 6) is 0.785.